The first-order chi connectivity index (χ1) is 9.31. The molecule has 3 rings (SSSR count). The van der Waals surface area contributed by atoms with Gasteiger partial charge in [-0.15, -0.1) is 0 Å². The first kappa shape index (κ1) is 11.7. The zero-order valence-corrected chi connectivity index (χ0v) is 10.5. The number of hydrogen-bond donors (Lipinski definition) is 0. The molecule has 0 spiro atoms. The minimum Gasteiger partial charge on any atom is -0.298 e. The van der Waals surface area contributed by atoms with Gasteiger partial charge in [-0.1, -0.05) is 35.9 Å². The number of fused-ring (bicyclic) bond motifs is 1. The second-order valence-electron chi connectivity index (χ2n) is 3.95. The number of halogens is 1. The average Bonchev–Trinajstić information content (AvgIpc) is 2.46. The summed E-state index contributed by atoms with van der Waals surface area (Å²) < 4.78 is 0. The first-order valence-electron chi connectivity index (χ1n) is 5.60. The zero-order valence-electron chi connectivity index (χ0n) is 9.75. The lowest BCUT2D eigenvalue weighted by molar-refractivity contribution is 0.112. The van der Waals surface area contributed by atoms with Crippen molar-refractivity contribution in [2.45, 2.75) is 0 Å². The van der Waals surface area contributed by atoms with Crippen LogP contribution < -0.4 is 0 Å². The fourth-order valence-electron chi connectivity index (χ4n) is 2.00. The predicted octanol–water partition coefficient (Wildman–Crippen LogP) is 3.16. The zero-order chi connectivity index (χ0) is 13.2. The van der Waals surface area contributed by atoms with Crippen molar-refractivity contribution in [2.24, 2.45) is 0 Å². The molecule has 0 amide bonds. The summed E-state index contributed by atoms with van der Waals surface area (Å²) in [6.07, 6.45) is 5.45. The highest BCUT2D eigenvalue weighted by atomic mass is 35.5. The van der Waals surface area contributed by atoms with E-state index in [9.17, 15) is 4.79 Å². The van der Waals surface area contributed by atoms with E-state index in [0.29, 0.717) is 12.0 Å². The number of pyridine rings is 1. The van der Waals surface area contributed by atoms with E-state index < -0.39 is 0 Å². The quantitative estimate of drug-likeness (QED) is 0.530. The van der Waals surface area contributed by atoms with Crippen LogP contribution in [0.1, 0.15) is 10.4 Å². The molecule has 0 atom stereocenters. The lowest BCUT2D eigenvalue weighted by Gasteiger charge is -2.07. The number of aromatic nitrogens is 3. The highest BCUT2D eigenvalue weighted by Crippen LogP contribution is 2.29. The lowest BCUT2D eigenvalue weighted by Crippen LogP contribution is -1.96. The van der Waals surface area contributed by atoms with Crippen LogP contribution in [0.15, 0.2) is 43.0 Å². The van der Waals surface area contributed by atoms with Crippen molar-refractivity contribution in [3.8, 4) is 11.3 Å². The molecule has 3 aromatic rings. The van der Waals surface area contributed by atoms with Crippen LogP contribution in [0.25, 0.3) is 22.0 Å². The van der Waals surface area contributed by atoms with Crippen LogP contribution in [-0.4, -0.2) is 21.2 Å². The van der Waals surface area contributed by atoms with Gasteiger partial charge >= 0.3 is 0 Å². The van der Waals surface area contributed by atoms with Crippen molar-refractivity contribution in [1.82, 2.24) is 15.0 Å². The minimum atomic E-state index is 0.146. The summed E-state index contributed by atoms with van der Waals surface area (Å²) in [4.78, 5) is 23.3. The molecular formula is C14H8ClN3O. The molecule has 0 aliphatic carbocycles. The Balaban J connectivity index is 2.37. The van der Waals surface area contributed by atoms with E-state index in [-0.39, 0.29) is 10.7 Å². The van der Waals surface area contributed by atoms with Gasteiger partial charge in [0.2, 0.25) is 0 Å². The Morgan fingerprint density at radius 3 is 2.79 bits per heavy atom. The van der Waals surface area contributed by atoms with Crippen molar-refractivity contribution in [3.63, 3.8) is 0 Å². The fourth-order valence-corrected chi connectivity index (χ4v) is 2.18. The molecule has 0 N–H and O–H groups in total. The van der Waals surface area contributed by atoms with Crippen LogP contribution in [0, 0.1) is 0 Å². The van der Waals surface area contributed by atoms with E-state index in [1.165, 1.54) is 6.33 Å². The third-order valence-electron chi connectivity index (χ3n) is 2.88. The van der Waals surface area contributed by atoms with E-state index in [1.807, 2.05) is 24.3 Å². The molecule has 0 aliphatic rings. The number of rotatable bonds is 2. The number of nitrogens with zero attached hydrogens (tertiary/aromatic N) is 3. The van der Waals surface area contributed by atoms with Crippen molar-refractivity contribution >= 4 is 28.7 Å². The maximum atomic E-state index is 11.2. The lowest BCUT2D eigenvalue weighted by atomic mass is 10.0. The summed E-state index contributed by atoms with van der Waals surface area (Å²) in [5.74, 6) is 0. The molecule has 1 aromatic carbocycles. The molecule has 19 heavy (non-hydrogen) atoms. The number of hydrogen-bond acceptors (Lipinski definition) is 4. The molecule has 0 bridgehead atoms. The van der Waals surface area contributed by atoms with E-state index >= 15 is 0 Å². The molecule has 0 aliphatic heterocycles. The molecule has 5 heteroatoms. The van der Waals surface area contributed by atoms with E-state index in [1.54, 1.807) is 12.4 Å². The molecule has 0 saturated carbocycles. The standard InChI is InChI=1S/C14H8ClN3O/c15-14-12(7-19)13(17-8-18-14)11-6-16-5-9-3-1-2-4-10(9)11/h1-8H. The molecule has 2 aromatic heterocycles. The molecule has 0 fully saturated rings. The van der Waals surface area contributed by atoms with Gasteiger partial charge in [-0.3, -0.25) is 9.78 Å². The van der Waals surface area contributed by atoms with Crippen molar-refractivity contribution in [1.29, 1.82) is 0 Å². The SMILES string of the molecule is O=Cc1c(Cl)ncnc1-c1cncc2ccccc12. The number of carbonyl (C=O) groups excluding carboxylic acids is 1. The Morgan fingerprint density at radius 1 is 1.11 bits per heavy atom. The second-order valence-corrected chi connectivity index (χ2v) is 4.31. The van der Waals surface area contributed by atoms with Crippen molar-refractivity contribution < 1.29 is 4.79 Å². The van der Waals surface area contributed by atoms with Crippen LogP contribution in [-0.2, 0) is 0 Å². The molecular weight excluding hydrogens is 262 g/mol. The van der Waals surface area contributed by atoms with Crippen LogP contribution in [0.4, 0.5) is 0 Å². The monoisotopic (exact) mass is 269 g/mol. The maximum Gasteiger partial charge on any atom is 0.155 e. The van der Waals surface area contributed by atoms with Crippen LogP contribution >= 0.6 is 11.6 Å². The van der Waals surface area contributed by atoms with Crippen molar-refractivity contribution in [2.75, 3.05) is 0 Å². The molecule has 2 heterocycles. The number of aldehydes is 1. The summed E-state index contributed by atoms with van der Waals surface area (Å²) in [6, 6.07) is 7.77. The van der Waals surface area contributed by atoms with Gasteiger partial charge in [0.25, 0.3) is 0 Å². The number of carbonyl (C=O) groups is 1. The van der Waals surface area contributed by atoms with Gasteiger partial charge in [-0.25, -0.2) is 9.97 Å². The van der Waals surface area contributed by atoms with Gasteiger partial charge < -0.3 is 0 Å². The Bertz CT molecular complexity index is 768. The van der Waals surface area contributed by atoms with Gasteiger partial charge in [0.1, 0.15) is 11.5 Å². The highest BCUT2D eigenvalue weighted by Gasteiger charge is 2.13. The smallest absolute Gasteiger partial charge is 0.155 e. The topological polar surface area (TPSA) is 55.7 Å². The second kappa shape index (κ2) is 4.74. The Hall–Kier alpha value is -2.33. The van der Waals surface area contributed by atoms with E-state index in [4.69, 9.17) is 11.6 Å². The summed E-state index contributed by atoms with van der Waals surface area (Å²) in [7, 11) is 0. The van der Waals surface area contributed by atoms with Crippen molar-refractivity contribution in [3.05, 3.63) is 53.7 Å². The normalized spacial score (nSPS) is 10.6. The fraction of sp³-hybridized carbons (Fsp3) is 0. The molecule has 0 unspecified atom stereocenters. The Labute approximate surface area is 114 Å². The minimum absolute atomic E-state index is 0.146. The van der Waals surface area contributed by atoms with Gasteiger partial charge in [0.15, 0.2) is 6.29 Å². The molecule has 92 valence electrons. The molecule has 4 nitrogen and oxygen atoms in total. The molecule has 0 saturated heterocycles. The van der Waals surface area contributed by atoms with Crippen LogP contribution in [0.5, 0.6) is 0 Å². The maximum absolute atomic E-state index is 11.2. The largest absolute Gasteiger partial charge is 0.298 e. The summed E-state index contributed by atoms with van der Waals surface area (Å²) >= 11 is 5.93. The Morgan fingerprint density at radius 2 is 1.95 bits per heavy atom. The Kier molecular flexibility index (Phi) is 2.93. The summed E-state index contributed by atoms with van der Waals surface area (Å²) in [6.45, 7) is 0. The van der Waals surface area contributed by atoms with Crippen LogP contribution in [0.3, 0.4) is 0 Å². The number of benzene rings is 1. The first-order valence-corrected chi connectivity index (χ1v) is 5.98. The van der Waals surface area contributed by atoms with Gasteiger partial charge in [-0.05, 0) is 5.39 Å². The summed E-state index contributed by atoms with van der Waals surface area (Å²) in [5, 5.41) is 2.09. The third kappa shape index (κ3) is 1.96. The van der Waals surface area contributed by atoms with Gasteiger partial charge in [0.05, 0.1) is 11.3 Å². The average molecular weight is 270 g/mol. The van der Waals surface area contributed by atoms with Crippen LogP contribution in [0.2, 0.25) is 5.15 Å². The van der Waals surface area contributed by atoms with Gasteiger partial charge in [-0.2, -0.15) is 0 Å². The van der Waals surface area contributed by atoms with E-state index in [2.05, 4.69) is 15.0 Å². The van der Waals surface area contributed by atoms with E-state index in [0.717, 1.165) is 16.3 Å². The predicted molar refractivity (Wildman–Crippen MR) is 73.2 cm³/mol. The summed E-state index contributed by atoms with van der Waals surface area (Å²) in [5.41, 5.74) is 1.55. The molecule has 0 radical (unpaired) electrons. The van der Waals surface area contributed by atoms with Gasteiger partial charge in [0, 0.05) is 23.3 Å². The third-order valence-corrected chi connectivity index (χ3v) is 3.18. The highest BCUT2D eigenvalue weighted by molar-refractivity contribution is 6.32.